The number of carbonyl (C=O) groups is 1. The number of hydrogen-bond donors (Lipinski definition) is 1. The summed E-state index contributed by atoms with van der Waals surface area (Å²) < 4.78 is 19.3. The number of amides is 2. The first-order valence-electron chi connectivity index (χ1n) is 8.58. The number of halogens is 1. The first kappa shape index (κ1) is 15.9. The molecule has 134 valence electrons. The van der Waals surface area contributed by atoms with E-state index in [0.29, 0.717) is 40.6 Å². The van der Waals surface area contributed by atoms with E-state index in [2.05, 4.69) is 27.7 Å². The standard InChI is InChI=1S/C18H17FN4O2S/c1-9-2-3-10(19)6-11(9)16-21-22-17(26-16)20-18(24)23-7-12-13(8-23)15-5-4-14(12)25-15/h2-6,12-15H,7-8H2,1H3,(H,20,22,24). The summed E-state index contributed by atoms with van der Waals surface area (Å²) in [6.07, 6.45) is 4.50. The number of urea groups is 1. The summed E-state index contributed by atoms with van der Waals surface area (Å²) in [7, 11) is 0. The molecule has 1 aromatic heterocycles. The highest BCUT2D eigenvalue weighted by molar-refractivity contribution is 7.18. The van der Waals surface area contributed by atoms with Crippen LogP contribution in [0.25, 0.3) is 10.6 Å². The number of nitrogens with one attached hydrogen (secondary N) is 1. The van der Waals surface area contributed by atoms with E-state index in [0.717, 1.165) is 5.56 Å². The van der Waals surface area contributed by atoms with Crippen molar-refractivity contribution >= 4 is 22.5 Å². The van der Waals surface area contributed by atoms with Crippen LogP contribution in [-0.2, 0) is 4.74 Å². The van der Waals surface area contributed by atoms with Gasteiger partial charge in [-0.05, 0) is 24.6 Å². The molecule has 8 heteroatoms. The van der Waals surface area contributed by atoms with Crippen LogP contribution in [0.5, 0.6) is 0 Å². The van der Waals surface area contributed by atoms with Crippen LogP contribution in [0.15, 0.2) is 30.4 Å². The van der Waals surface area contributed by atoms with E-state index in [4.69, 9.17) is 4.74 Å². The van der Waals surface area contributed by atoms with E-state index in [1.54, 1.807) is 6.07 Å². The zero-order valence-electron chi connectivity index (χ0n) is 14.1. The van der Waals surface area contributed by atoms with Gasteiger partial charge in [-0.15, -0.1) is 10.2 Å². The van der Waals surface area contributed by atoms with Crippen LogP contribution in [0.1, 0.15) is 5.56 Å². The van der Waals surface area contributed by atoms with Gasteiger partial charge >= 0.3 is 6.03 Å². The van der Waals surface area contributed by atoms with Crippen molar-refractivity contribution in [1.82, 2.24) is 15.1 Å². The van der Waals surface area contributed by atoms with E-state index in [1.807, 2.05) is 11.8 Å². The third-order valence-corrected chi connectivity index (χ3v) is 6.29. The number of hydrogen-bond acceptors (Lipinski definition) is 5. The van der Waals surface area contributed by atoms with Crippen molar-refractivity contribution in [1.29, 1.82) is 0 Å². The van der Waals surface area contributed by atoms with Crippen molar-refractivity contribution in [3.63, 3.8) is 0 Å². The lowest BCUT2D eigenvalue weighted by Gasteiger charge is -2.18. The van der Waals surface area contributed by atoms with Crippen molar-refractivity contribution in [3.8, 4) is 10.6 Å². The van der Waals surface area contributed by atoms with Crippen LogP contribution in [-0.4, -0.2) is 46.4 Å². The van der Waals surface area contributed by atoms with E-state index in [-0.39, 0.29) is 24.1 Å². The Balaban J connectivity index is 1.28. The zero-order valence-corrected chi connectivity index (χ0v) is 14.9. The number of aromatic nitrogens is 2. The third-order valence-electron chi connectivity index (χ3n) is 5.42. The maximum Gasteiger partial charge on any atom is 0.323 e. The van der Waals surface area contributed by atoms with Gasteiger partial charge in [0.05, 0.1) is 12.2 Å². The van der Waals surface area contributed by atoms with E-state index >= 15 is 0 Å². The number of carbonyl (C=O) groups excluding carboxylic acids is 1. The second kappa shape index (κ2) is 5.85. The minimum Gasteiger partial charge on any atom is -0.366 e. The molecule has 1 N–H and O–H groups in total. The Bertz CT molecular complexity index is 894. The van der Waals surface area contributed by atoms with Crippen molar-refractivity contribution in [2.75, 3.05) is 18.4 Å². The molecule has 2 saturated heterocycles. The van der Waals surface area contributed by atoms with Gasteiger partial charge < -0.3 is 9.64 Å². The number of anilines is 1. The number of rotatable bonds is 2. The maximum absolute atomic E-state index is 13.5. The van der Waals surface area contributed by atoms with Gasteiger partial charge in [-0.3, -0.25) is 5.32 Å². The highest BCUT2D eigenvalue weighted by atomic mass is 32.1. The molecule has 4 heterocycles. The highest BCUT2D eigenvalue weighted by Crippen LogP contribution is 2.43. The molecule has 2 amide bonds. The first-order chi connectivity index (χ1) is 12.6. The number of nitrogens with zero attached hydrogens (tertiary/aromatic N) is 3. The van der Waals surface area contributed by atoms with Gasteiger partial charge in [0.2, 0.25) is 5.13 Å². The van der Waals surface area contributed by atoms with Gasteiger partial charge in [0, 0.05) is 30.5 Å². The number of benzene rings is 1. The fourth-order valence-electron chi connectivity index (χ4n) is 4.07. The Morgan fingerprint density at radius 1 is 1.27 bits per heavy atom. The molecule has 2 bridgehead atoms. The van der Waals surface area contributed by atoms with Gasteiger partial charge in [-0.1, -0.05) is 29.6 Å². The lowest BCUT2D eigenvalue weighted by Crippen LogP contribution is -2.35. The molecule has 6 nitrogen and oxygen atoms in total. The van der Waals surface area contributed by atoms with Gasteiger partial charge in [0.25, 0.3) is 0 Å². The summed E-state index contributed by atoms with van der Waals surface area (Å²) in [5, 5.41) is 12.0. The summed E-state index contributed by atoms with van der Waals surface area (Å²) in [4.78, 5) is 14.4. The van der Waals surface area contributed by atoms with E-state index < -0.39 is 0 Å². The molecule has 5 rings (SSSR count). The molecule has 3 aliphatic heterocycles. The molecule has 2 fully saturated rings. The SMILES string of the molecule is Cc1ccc(F)cc1-c1nnc(NC(=O)N2CC3C4C=CC(O4)C3C2)s1. The average molecular weight is 372 g/mol. The summed E-state index contributed by atoms with van der Waals surface area (Å²) >= 11 is 1.25. The summed E-state index contributed by atoms with van der Waals surface area (Å²) in [5.41, 5.74) is 1.61. The highest BCUT2D eigenvalue weighted by Gasteiger charge is 2.51. The van der Waals surface area contributed by atoms with Crippen molar-refractivity contribution < 1.29 is 13.9 Å². The molecule has 1 aromatic carbocycles. The number of aryl methyl sites for hydroxylation is 1. The number of fused-ring (bicyclic) bond motifs is 5. The Hall–Kier alpha value is -2.32. The molecular weight excluding hydrogens is 355 g/mol. The number of ether oxygens (including phenoxy) is 1. The monoisotopic (exact) mass is 372 g/mol. The zero-order chi connectivity index (χ0) is 17.8. The molecule has 26 heavy (non-hydrogen) atoms. The molecular formula is C18H17FN4O2S. The predicted octanol–water partition coefficient (Wildman–Crippen LogP) is 3.07. The number of likely N-dealkylation sites (tertiary alicyclic amines) is 1. The summed E-state index contributed by atoms with van der Waals surface area (Å²) in [5.74, 6) is 0.451. The minimum absolute atomic E-state index is 0.145. The Kier molecular flexibility index (Phi) is 3.58. The van der Waals surface area contributed by atoms with Gasteiger partial charge in [0.15, 0.2) is 0 Å². The molecule has 0 spiro atoms. The fraction of sp³-hybridized carbons (Fsp3) is 0.389. The van der Waals surface area contributed by atoms with Crippen molar-refractivity contribution in [3.05, 3.63) is 41.7 Å². The summed E-state index contributed by atoms with van der Waals surface area (Å²) in [6.45, 7) is 3.27. The van der Waals surface area contributed by atoms with Crippen LogP contribution in [0.3, 0.4) is 0 Å². The Morgan fingerprint density at radius 2 is 2.00 bits per heavy atom. The Morgan fingerprint density at radius 3 is 2.73 bits per heavy atom. The molecule has 0 saturated carbocycles. The normalized spacial score (nSPS) is 28.6. The third kappa shape index (κ3) is 2.52. The van der Waals surface area contributed by atoms with Crippen molar-refractivity contribution in [2.24, 2.45) is 11.8 Å². The Labute approximate surface area is 153 Å². The maximum atomic E-state index is 13.5. The minimum atomic E-state index is -0.319. The fourth-order valence-corrected chi connectivity index (χ4v) is 4.89. The van der Waals surface area contributed by atoms with Crippen LogP contribution in [0, 0.1) is 24.6 Å². The smallest absolute Gasteiger partial charge is 0.323 e. The van der Waals surface area contributed by atoms with Crippen LogP contribution < -0.4 is 5.32 Å². The molecule has 3 aliphatic rings. The van der Waals surface area contributed by atoms with Crippen LogP contribution in [0.2, 0.25) is 0 Å². The first-order valence-corrected chi connectivity index (χ1v) is 9.40. The van der Waals surface area contributed by atoms with Crippen LogP contribution in [0.4, 0.5) is 14.3 Å². The molecule has 0 aliphatic carbocycles. The van der Waals surface area contributed by atoms with E-state index in [1.165, 1.54) is 23.5 Å². The van der Waals surface area contributed by atoms with Gasteiger partial charge in [-0.25, -0.2) is 9.18 Å². The lowest BCUT2D eigenvalue weighted by molar-refractivity contribution is 0.0892. The lowest BCUT2D eigenvalue weighted by atomic mass is 9.86. The molecule has 4 atom stereocenters. The van der Waals surface area contributed by atoms with Gasteiger partial charge in [0.1, 0.15) is 10.8 Å². The second-order valence-corrected chi connectivity index (χ2v) is 7.96. The largest absolute Gasteiger partial charge is 0.366 e. The molecule has 4 unspecified atom stereocenters. The van der Waals surface area contributed by atoms with Gasteiger partial charge in [-0.2, -0.15) is 0 Å². The molecule has 0 radical (unpaired) electrons. The second-order valence-electron chi connectivity index (χ2n) is 6.98. The van der Waals surface area contributed by atoms with Crippen LogP contribution >= 0.6 is 11.3 Å². The van der Waals surface area contributed by atoms with E-state index in [9.17, 15) is 9.18 Å². The predicted molar refractivity (Wildman–Crippen MR) is 95.4 cm³/mol. The molecule has 2 aromatic rings. The van der Waals surface area contributed by atoms with Crippen molar-refractivity contribution in [2.45, 2.75) is 19.1 Å². The average Bonchev–Trinajstić information content (AvgIpc) is 3.38. The summed E-state index contributed by atoms with van der Waals surface area (Å²) in [6, 6.07) is 4.39. The topological polar surface area (TPSA) is 67.4 Å². The quantitative estimate of drug-likeness (QED) is 0.823.